The van der Waals surface area contributed by atoms with Gasteiger partial charge in [0.2, 0.25) is 0 Å². The van der Waals surface area contributed by atoms with Crippen molar-refractivity contribution in [1.82, 2.24) is 14.8 Å². The maximum Gasteiger partial charge on any atom is 0.138 e. The quantitative estimate of drug-likeness (QED) is 0.784. The molecular formula is C14H17BrFN3. The van der Waals surface area contributed by atoms with E-state index in [2.05, 4.69) is 39.9 Å². The summed E-state index contributed by atoms with van der Waals surface area (Å²) in [6.07, 6.45) is 2.38. The van der Waals surface area contributed by atoms with Crippen molar-refractivity contribution in [3.05, 3.63) is 47.8 Å². The number of hydrogen-bond donors (Lipinski definition) is 0. The first-order chi connectivity index (χ1) is 9.11. The highest BCUT2D eigenvalue weighted by Gasteiger charge is 2.16. The van der Waals surface area contributed by atoms with Crippen molar-refractivity contribution in [2.45, 2.75) is 32.2 Å². The average molecular weight is 326 g/mol. The van der Waals surface area contributed by atoms with Crippen LogP contribution in [0.5, 0.6) is 0 Å². The summed E-state index contributed by atoms with van der Waals surface area (Å²) in [5.74, 6) is 1.02. The van der Waals surface area contributed by atoms with Crippen molar-refractivity contribution in [1.29, 1.82) is 0 Å². The zero-order valence-corrected chi connectivity index (χ0v) is 12.6. The van der Waals surface area contributed by atoms with Gasteiger partial charge in [-0.2, -0.15) is 5.10 Å². The Morgan fingerprint density at radius 3 is 2.53 bits per heavy atom. The van der Waals surface area contributed by atoms with Gasteiger partial charge in [0.1, 0.15) is 18.0 Å². The molecule has 0 amide bonds. The lowest BCUT2D eigenvalue weighted by Gasteiger charge is -2.16. The number of hydrogen-bond acceptors (Lipinski definition) is 2. The Kier molecular flexibility index (Phi) is 4.69. The highest BCUT2D eigenvalue weighted by atomic mass is 79.9. The topological polar surface area (TPSA) is 30.7 Å². The Balaban J connectivity index is 2.19. The van der Waals surface area contributed by atoms with E-state index in [1.165, 1.54) is 12.1 Å². The number of rotatable bonds is 5. The normalized spacial score (nSPS) is 12.9. The third kappa shape index (κ3) is 3.41. The van der Waals surface area contributed by atoms with Crippen molar-refractivity contribution < 1.29 is 4.39 Å². The van der Waals surface area contributed by atoms with E-state index in [1.54, 1.807) is 6.33 Å². The van der Waals surface area contributed by atoms with Gasteiger partial charge in [-0.15, -0.1) is 0 Å². The van der Waals surface area contributed by atoms with E-state index in [4.69, 9.17) is 0 Å². The van der Waals surface area contributed by atoms with Crippen LogP contribution in [0.1, 0.15) is 37.2 Å². The molecule has 0 bridgehead atoms. The van der Waals surface area contributed by atoms with Crippen LogP contribution < -0.4 is 0 Å². The number of benzene rings is 1. The van der Waals surface area contributed by atoms with Gasteiger partial charge in [-0.1, -0.05) is 28.1 Å². The molecule has 5 heteroatoms. The minimum Gasteiger partial charge on any atom is -0.248 e. The number of nitrogens with zero attached hydrogens (tertiary/aromatic N) is 3. The van der Waals surface area contributed by atoms with Gasteiger partial charge in [-0.25, -0.2) is 14.1 Å². The highest BCUT2D eigenvalue weighted by molar-refractivity contribution is 9.09. The number of alkyl halides is 1. The molecule has 19 heavy (non-hydrogen) atoms. The maximum absolute atomic E-state index is 13.0. The third-order valence-electron chi connectivity index (χ3n) is 3.09. The van der Waals surface area contributed by atoms with Crippen molar-refractivity contribution in [3.8, 4) is 0 Å². The van der Waals surface area contributed by atoms with Gasteiger partial charge in [-0.3, -0.25) is 0 Å². The van der Waals surface area contributed by atoms with Gasteiger partial charge < -0.3 is 0 Å². The smallest absolute Gasteiger partial charge is 0.138 e. The Hall–Kier alpha value is -1.23. The van der Waals surface area contributed by atoms with Crippen LogP contribution >= 0.6 is 15.9 Å². The lowest BCUT2D eigenvalue weighted by Crippen LogP contribution is -2.13. The fourth-order valence-electron chi connectivity index (χ4n) is 2.07. The van der Waals surface area contributed by atoms with Crippen molar-refractivity contribution in [3.63, 3.8) is 0 Å². The first kappa shape index (κ1) is 14.2. The highest BCUT2D eigenvalue weighted by Crippen LogP contribution is 2.23. The fourth-order valence-corrected chi connectivity index (χ4v) is 2.67. The van der Waals surface area contributed by atoms with Gasteiger partial charge in [0, 0.05) is 23.7 Å². The monoisotopic (exact) mass is 325 g/mol. The lowest BCUT2D eigenvalue weighted by molar-refractivity contribution is 0.496. The molecule has 0 saturated carbocycles. The standard InChI is InChI=1S/C14H17BrFN3/c1-10(2)19-14(17-9-18-19)7-12(8-15)11-3-5-13(16)6-4-11/h3-6,9-10,12H,7-8H2,1-2H3. The summed E-state index contributed by atoms with van der Waals surface area (Å²) in [5.41, 5.74) is 1.11. The van der Waals surface area contributed by atoms with Crippen LogP contribution in [0.25, 0.3) is 0 Å². The van der Waals surface area contributed by atoms with Gasteiger partial charge in [0.05, 0.1) is 0 Å². The molecule has 1 unspecified atom stereocenters. The zero-order valence-electron chi connectivity index (χ0n) is 11.1. The maximum atomic E-state index is 13.0. The predicted molar refractivity (Wildman–Crippen MR) is 77.0 cm³/mol. The molecule has 0 aliphatic carbocycles. The van der Waals surface area contributed by atoms with Crippen LogP contribution in [0.15, 0.2) is 30.6 Å². The van der Waals surface area contributed by atoms with Crippen LogP contribution in [0, 0.1) is 5.82 Å². The summed E-state index contributed by atoms with van der Waals surface area (Å²) < 4.78 is 14.9. The summed E-state index contributed by atoms with van der Waals surface area (Å²) >= 11 is 3.53. The molecule has 0 saturated heterocycles. The fraction of sp³-hybridized carbons (Fsp3) is 0.429. The minimum absolute atomic E-state index is 0.206. The second-order valence-corrected chi connectivity index (χ2v) is 5.47. The molecule has 2 aromatic rings. The minimum atomic E-state index is -0.206. The van der Waals surface area contributed by atoms with E-state index in [0.29, 0.717) is 6.04 Å². The summed E-state index contributed by atoms with van der Waals surface area (Å²) in [7, 11) is 0. The molecule has 0 spiro atoms. The molecule has 3 nitrogen and oxygen atoms in total. The molecular weight excluding hydrogens is 309 g/mol. The Bertz CT molecular complexity index is 522. The summed E-state index contributed by atoms with van der Waals surface area (Å²) in [6, 6.07) is 6.95. The summed E-state index contributed by atoms with van der Waals surface area (Å²) in [5, 5.41) is 5.05. The molecule has 0 fully saturated rings. The van der Waals surface area contributed by atoms with Crippen molar-refractivity contribution in [2.24, 2.45) is 0 Å². The first-order valence-electron chi connectivity index (χ1n) is 6.31. The zero-order chi connectivity index (χ0) is 13.8. The van der Waals surface area contributed by atoms with Gasteiger partial charge in [0.15, 0.2) is 0 Å². The molecule has 1 aromatic heterocycles. The molecule has 2 rings (SSSR count). The van der Waals surface area contributed by atoms with Crippen LogP contribution in [0.4, 0.5) is 4.39 Å². The van der Waals surface area contributed by atoms with E-state index in [9.17, 15) is 4.39 Å². The molecule has 0 aliphatic heterocycles. The Morgan fingerprint density at radius 1 is 1.26 bits per heavy atom. The van der Waals surface area contributed by atoms with Crippen LogP contribution in [0.2, 0.25) is 0 Å². The van der Waals surface area contributed by atoms with Crippen molar-refractivity contribution >= 4 is 15.9 Å². The SMILES string of the molecule is CC(C)n1ncnc1CC(CBr)c1ccc(F)cc1. The van der Waals surface area contributed by atoms with Gasteiger partial charge in [0.25, 0.3) is 0 Å². The summed E-state index contributed by atoms with van der Waals surface area (Å²) in [6.45, 7) is 4.17. The van der Waals surface area contributed by atoms with E-state index in [0.717, 1.165) is 23.1 Å². The number of aromatic nitrogens is 3. The van der Waals surface area contributed by atoms with E-state index in [-0.39, 0.29) is 11.7 Å². The molecule has 0 N–H and O–H groups in total. The summed E-state index contributed by atoms with van der Waals surface area (Å²) in [4.78, 5) is 4.33. The Labute approximate surface area is 121 Å². The number of halogens is 2. The first-order valence-corrected chi connectivity index (χ1v) is 7.43. The molecule has 102 valence electrons. The van der Waals surface area contributed by atoms with Crippen LogP contribution in [0.3, 0.4) is 0 Å². The van der Waals surface area contributed by atoms with Crippen LogP contribution in [-0.4, -0.2) is 20.1 Å². The Morgan fingerprint density at radius 2 is 1.95 bits per heavy atom. The van der Waals surface area contributed by atoms with E-state index in [1.807, 2.05) is 16.8 Å². The largest absolute Gasteiger partial charge is 0.248 e. The second-order valence-electron chi connectivity index (χ2n) is 4.82. The molecule has 1 aromatic carbocycles. The lowest BCUT2D eigenvalue weighted by atomic mass is 9.97. The molecule has 1 atom stereocenters. The van der Waals surface area contributed by atoms with Gasteiger partial charge >= 0.3 is 0 Å². The third-order valence-corrected chi connectivity index (χ3v) is 3.87. The predicted octanol–water partition coefficient (Wildman–Crippen LogP) is 3.72. The second kappa shape index (κ2) is 6.28. The molecule has 0 radical (unpaired) electrons. The van der Waals surface area contributed by atoms with Crippen molar-refractivity contribution in [2.75, 3.05) is 5.33 Å². The van der Waals surface area contributed by atoms with E-state index >= 15 is 0 Å². The van der Waals surface area contributed by atoms with E-state index < -0.39 is 0 Å². The van der Waals surface area contributed by atoms with Gasteiger partial charge in [-0.05, 0) is 31.5 Å². The molecule has 1 heterocycles. The average Bonchev–Trinajstić information content (AvgIpc) is 2.85. The van der Waals surface area contributed by atoms with Crippen LogP contribution in [-0.2, 0) is 6.42 Å². The molecule has 0 aliphatic rings.